The van der Waals surface area contributed by atoms with E-state index in [2.05, 4.69) is 0 Å². The molecule has 0 spiro atoms. The summed E-state index contributed by atoms with van der Waals surface area (Å²) in [6.07, 6.45) is 1.97. The molecule has 1 saturated carbocycles. The highest BCUT2D eigenvalue weighted by atomic mass is 35.5. The van der Waals surface area contributed by atoms with Gasteiger partial charge in [-0.25, -0.2) is 17.2 Å². The molecule has 0 aromatic heterocycles. The molecule has 118 valence electrons. The molecular formula is C14H18ClF2NO2S. The smallest absolute Gasteiger partial charge is 0.207 e. The topological polar surface area (TPSA) is 37.4 Å². The van der Waals surface area contributed by atoms with E-state index in [0.29, 0.717) is 12.5 Å². The summed E-state index contributed by atoms with van der Waals surface area (Å²) in [7, 11) is -4.00. The Labute approximate surface area is 129 Å². The highest BCUT2D eigenvalue weighted by molar-refractivity contribution is 7.89. The third kappa shape index (κ3) is 3.38. The van der Waals surface area contributed by atoms with Crippen molar-refractivity contribution in [3.8, 4) is 0 Å². The van der Waals surface area contributed by atoms with Gasteiger partial charge < -0.3 is 0 Å². The van der Waals surface area contributed by atoms with Crippen LogP contribution in [0.2, 0.25) is 0 Å². The summed E-state index contributed by atoms with van der Waals surface area (Å²) in [6, 6.07) is 1.63. The third-order valence-corrected chi connectivity index (χ3v) is 5.91. The van der Waals surface area contributed by atoms with E-state index in [4.69, 9.17) is 11.6 Å². The molecule has 0 unspecified atom stereocenters. The second kappa shape index (κ2) is 6.18. The molecule has 1 aliphatic rings. The number of benzene rings is 1. The standard InChI is InChI=1S/C14H18ClF2NO2S/c1-9(2)18(8-10-3-4-10)21(19,20)13-6-5-12(16)11(7-15)14(13)17/h5-6,9-10H,3-4,7-8H2,1-2H3. The van der Waals surface area contributed by atoms with Crippen molar-refractivity contribution < 1.29 is 17.2 Å². The van der Waals surface area contributed by atoms with E-state index in [-0.39, 0.29) is 6.04 Å². The fourth-order valence-corrected chi connectivity index (χ4v) is 4.22. The van der Waals surface area contributed by atoms with Crippen LogP contribution in [0.25, 0.3) is 0 Å². The number of rotatable bonds is 6. The van der Waals surface area contributed by atoms with Crippen LogP contribution in [-0.4, -0.2) is 25.3 Å². The van der Waals surface area contributed by atoms with Crippen LogP contribution in [0.5, 0.6) is 0 Å². The molecule has 1 aliphatic carbocycles. The summed E-state index contributed by atoms with van der Waals surface area (Å²) < 4.78 is 54.3. The van der Waals surface area contributed by atoms with Gasteiger partial charge in [-0.3, -0.25) is 0 Å². The lowest BCUT2D eigenvalue weighted by Gasteiger charge is -2.26. The van der Waals surface area contributed by atoms with E-state index in [1.54, 1.807) is 13.8 Å². The Hall–Kier alpha value is -0.720. The first-order valence-corrected chi connectivity index (χ1v) is 8.81. The van der Waals surface area contributed by atoms with Crippen molar-refractivity contribution in [2.45, 2.75) is 43.5 Å². The normalized spacial score (nSPS) is 16.0. The minimum Gasteiger partial charge on any atom is -0.207 e. The summed E-state index contributed by atoms with van der Waals surface area (Å²) in [5.74, 6) is -2.00. The van der Waals surface area contributed by atoms with Gasteiger partial charge in [-0.15, -0.1) is 11.6 Å². The Morgan fingerprint density at radius 1 is 1.33 bits per heavy atom. The molecule has 2 rings (SSSR count). The zero-order chi connectivity index (χ0) is 15.8. The van der Waals surface area contributed by atoms with Crippen molar-refractivity contribution in [1.29, 1.82) is 0 Å². The third-order valence-electron chi connectivity index (χ3n) is 3.58. The van der Waals surface area contributed by atoms with Crippen molar-refractivity contribution in [2.75, 3.05) is 6.54 Å². The summed E-state index contributed by atoms with van der Waals surface area (Å²) >= 11 is 5.51. The van der Waals surface area contributed by atoms with Gasteiger partial charge in [0.1, 0.15) is 10.7 Å². The largest absolute Gasteiger partial charge is 0.246 e. The number of sulfonamides is 1. The number of nitrogens with zero attached hydrogens (tertiary/aromatic N) is 1. The van der Waals surface area contributed by atoms with E-state index in [9.17, 15) is 17.2 Å². The molecule has 0 heterocycles. The van der Waals surface area contributed by atoms with Crippen molar-refractivity contribution in [1.82, 2.24) is 4.31 Å². The number of hydrogen-bond acceptors (Lipinski definition) is 2. The van der Waals surface area contributed by atoms with Crippen LogP contribution in [0.1, 0.15) is 32.3 Å². The second-order valence-electron chi connectivity index (χ2n) is 5.58. The maximum Gasteiger partial charge on any atom is 0.246 e. The van der Waals surface area contributed by atoms with Gasteiger partial charge in [0.25, 0.3) is 0 Å². The van der Waals surface area contributed by atoms with Gasteiger partial charge >= 0.3 is 0 Å². The van der Waals surface area contributed by atoms with Crippen LogP contribution in [0.4, 0.5) is 8.78 Å². The first-order chi connectivity index (χ1) is 9.78. The second-order valence-corrected chi connectivity index (χ2v) is 7.71. The maximum absolute atomic E-state index is 14.3. The Balaban J connectivity index is 2.46. The molecule has 0 N–H and O–H groups in total. The van der Waals surface area contributed by atoms with Crippen molar-refractivity contribution in [3.63, 3.8) is 0 Å². The minimum absolute atomic E-state index is 0.292. The molecule has 7 heteroatoms. The molecule has 1 aromatic rings. The lowest BCUT2D eigenvalue weighted by atomic mass is 10.2. The molecule has 0 bridgehead atoms. The first-order valence-electron chi connectivity index (χ1n) is 6.83. The van der Waals surface area contributed by atoms with Gasteiger partial charge in [-0.05, 0) is 44.7 Å². The first kappa shape index (κ1) is 16.6. The highest BCUT2D eigenvalue weighted by Crippen LogP contribution is 2.33. The van der Waals surface area contributed by atoms with E-state index in [1.807, 2.05) is 0 Å². The predicted molar refractivity (Wildman–Crippen MR) is 77.7 cm³/mol. The highest BCUT2D eigenvalue weighted by Gasteiger charge is 2.35. The lowest BCUT2D eigenvalue weighted by Crippen LogP contribution is -2.39. The average molecular weight is 338 g/mol. The molecular weight excluding hydrogens is 320 g/mol. The Morgan fingerprint density at radius 2 is 1.95 bits per heavy atom. The molecule has 0 radical (unpaired) electrons. The SMILES string of the molecule is CC(C)N(CC1CC1)S(=O)(=O)c1ccc(F)c(CCl)c1F. The number of halogens is 3. The molecule has 0 atom stereocenters. The van der Waals surface area contributed by atoms with Crippen LogP contribution in [0.3, 0.4) is 0 Å². The van der Waals surface area contributed by atoms with Crippen LogP contribution >= 0.6 is 11.6 Å². The molecule has 1 aromatic carbocycles. The van der Waals surface area contributed by atoms with E-state index >= 15 is 0 Å². The van der Waals surface area contributed by atoms with Gasteiger partial charge in [-0.1, -0.05) is 0 Å². The van der Waals surface area contributed by atoms with E-state index < -0.39 is 38.0 Å². The van der Waals surface area contributed by atoms with E-state index in [1.165, 1.54) is 4.31 Å². The van der Waals surface area contributed by atoms with Gasteiger partial charge in [-0.2, -0.15) is 4.31 Å². The zero-order valence-corrected chi connectivity index (χ0v) is 13.5. The molecule has 0 saturated heterocycles. The minimum atomic E-state index is -4.00. The van der Waals surface area contributed by atoms with Crippen molar-refractivity contribution in [3.05, 3.63) is 29.3 Å². The van der Waals surface area contributed by atoms with E-state index in [0.717, 1.165) is 25.0 Å². The van der Waals surface area contributed by atoms with Gasteiger partial charge in [0.15, 0.2) is 5.82 Å². The quantitative estimate of drug-likeness (QED) is 0.745. The number of alkyl halides is 1. The summed E-state index contributed by atoms with van der Waals surface area (Å²) in [6.45, 7) is 3.85. The Morgan fingerprint density at radius 3 is 2.43 bits per heavy atom. The van der Waals surface area contributed by atoms with Crippen molar-refractivity contribution in [2.24, 2.45) is 5.92 Å². The average Bonchev–Trinajstić information content (AvgIpc) is 3.19. The fourth-order valence-electron chi connectivity index (χ4n) is 2.17. The summed E-state index contributed by atoms with van der Waals surface area (Å²) in [4.78, 5) is -0.506. The molecule has 21 heavy (non-hydrogen) atoms. The molecule has 0 aliphatic heterocycles. The van der Waals surface area contributed by atoms with Crippen LogP contribution in [-0.2, 0) is 15.9 Å². The summed E-state index contributed by atoms with van der Waals surface area (Å²) in [5.41, 5.74) is -0.409. The predicted octanol–water partition coefficient (Wildman–Crippen LogP) is 3.51. The Bertz CT molecular complexity index is 630. The summed E-state index contributed by atoms with van der Waals surface area (Å²) in [5, 5.41) is 0. The molecule has 0 amide bonds. The van der Waals surface area contributed by atoms with Crippen LogP contribution < -0.4 is 0 Å². The molecule has 3 nitrogen and oxygen atoms in total. The van der Waals surface area contributed by atoms with Gasteiger partial charge in [0.05, 0.1) is 5.88 Å². The van der Waals surface area contributed by atoms with Gasteiger partial charge in [0, 0.05) is 18.2 Å². The lowest BCUT2D eigenvalue weighted by molar-refractivity contribution is 0.339. The zero-order valence-electron chi connectivity index (χ0n) is 11.9. The number of hydrogen-bond donors (Lipinski definition) is 0. The Kier molecular flexibility index (Phi) is 4.90. The maximum atomic E-state index is 14.3. The monoisotopic (exact) mass is 337 g/mol. The molecule has 1 fully saturated rings. The van der Waals surface area contributed by atoms with Gasteiger partial charge in [0.2, 0.25) is 10.0 Å². The van der Waals surface area contributed by atoms with Crippen LogP contribution in [0, 0.1) is 17.6 Å². The van der Waals surface area contributed by atoms with Crippen molar-refractivity contribution >= 4 is 21.6 Å². The fraction of sp³-hybridized carbons (Fsp3) is 0.571. The van der Waals surface area contributed by atoms with Crippen LogP contribution in [0.15, 0.2) is 17.0 Å².